The summed E-state index contributed by atoms with van der Waals surface area (Å²) in [6.07, 6.45) is 1.51. The molecular formula is C26H31N3O3. The summed E-state index contributed by atoms with van der Waals surface area (Å²) in [4.78, 5) is 27.8. The Labute approximate surface area is 189 Å². The number of piperidine rings is 2. The van der Waals surface area contributed by atoms with Crippen LogP contribution in [-0.2, 0) is 22.6 Å². The molecule has 3 aliphatic heterocycles. The van der Waals surface area contributed by atoms with Gasteiger partial charge in [0.1, 0.15) is 11.6 Å². The highest BCUT2D eigenvalue weighted by molar-refractivity contribution is 5.87. The molecule has 4 aliphatic rings. The van der Waals surface area contributed by atoms with Crippen molar-refractivity contribution in [3.63, 3.8) is 0 Å². The number of carboxylic acid groups (broad SMARTS) is 1. The van der Waals surface area contributed by atoms with Gasteiger partial charge in [-0.15, -0.1) is 0 Å². The number of nitrogens with one attached hydrogen (secondary N) is 2. The quantitative estimate of drug-likeness (QED) is 0.624. The van der Waals surface area contributed by atoms with Gasteiger partial charge < -0.3 is 15.7 Å². The van der Waals surface area contributed by atoms with Crippen molar-refractivity contribution in [3.8, 4) is 0 Å². The summed E-state index contributed by atoms with van der Waals surface area (Å²) in [7, 11) is 0. The fourth-order valence-electron chi connectivity index (χ4n) is 6.44. The zero-order chi connectivity index (χ0) is 22.3. The number of likely N-dealkylation sites (tertiary alicyclic amines) is 1. The first-order valence-electron chi connectivity index (χ1n) is 11.6. The third-order valence-corrected chi connectivity index (χ3v) is 8.01. The Morgan fingerprint density at radius 2 is 1.78 bits per heavy atom. The molecule has 3 saturated heterocycles. The van der Waals surface area contributed by atoms with Crippen molar-refractivity contribution in [1.82, 2.24) is 15.5 Å². The summed E-state index contributed by atoms with van der Waals surface area (Å²) >= 11 is 0. The monoisotopic (exact) mass is 433 g/mol. The zero-order valence-corrected chi connectivity index (χ0v) is 18.4. The van der Waals surface area contributed by atoms with Crippen molar-refractivity contribution in [2.24, 2.45) is 17.8 Å². The fourth-order valence-corrected chi connectivity index (χ4v) is 6.44. The van der Waals surface area contributed by atoms with Crippen molar-refractivity contribution in [1.29, 1.82) is 0 Å². The lowest BCUT2D eigenvalue weighted by Crippen LogP contribution is -2.74. The second-order valence-electron chi connectivity index (χ2n) is 9.65. The minimum absolute atomic E-state index is 0.0139. The molecule has 168 valence electrons. The van der Waals surface area contributed by atoms with Gasteiger partial charge in [-0.25, -0.2) is 0 Å². The van der Waals surface area contributed by atoms with Gasteiger partial charge in [-0.1, -0.05) is 60.7 Å². The minimum atomic E-state index is -0.789. The molecule has 3 N–H and O–H groups in total. The summed E-state index contributed by atoms with van der Waals surface area (Å²) in [6.45, 7) is 3.80. The molecule has 1 amide bonds. The Balaban J connectivity index is 1.47. The normalized spacial score (nSPS) is 31.9. The van der Waals surface area contributed by atoms with Crippen LogP contribution in [-0.4, -0.2) is 52.6 Å². The molecule has 6 unspecified atom stereocenters. The van der Waals surface area contributed by atoms with Crippen LogP contribution >= 0.6 is 0 Å². The van der Waals surface area contributed by atoms with E-state index in [0.717, 1.165) is 31.5 Å². The van der Waals surface area contributed by atoms with Gasteiger partial charge in [-0.2, -0.15) is 0 Å². The van der Waals surface area contributed by atoms with Gasteiger partial charge in [-0.3, -0.25) is 14.5 Å². The molecule has 4 fully saturated rings. The van der Waals surface area contributed by atoms with Crippen molar-refractivity contribution in [2.45, 2.75) is 43.9 Å². The Kier molecular flexibility index (Phi) is 5.51. The molecule has 6 heteroatoms. The smallest absolute Gasteiger partial charge is 0.320 e. The van der Waals surface area contributed by atoms with Gasteiger partial charge in [0, 0.05) is 31.6 Å². The number of fused-ring (bicyclic) bond motifs is 1. The van der Waals surface area contributed by atoms with Gasteiger partial charge in [-0.05, 0) is 42.7 Å². The van der Waals surface area contributed by atoms with Crippen LogP contribution in [0.4, 0.5) is 0 Å². The first-order chi connectivity index (χ1) is 15.5. The minimum Gasteiger partial charge on any atom is -0.480 e. The number of carbonyl (C=O) groups excluding carboxylic acids is 1. The summed E-state index contributed by atoms with van der Waals surface area (Å²) in [6, 6.07) is 19.8. The number of carbonyl (C=O) groups is 2. The Morgan fingerprint density at radius 1 is 1.12 bits per heavy atom. The fraction of sp³-hybridized carbons (Fsp3) is 0.462. The van der Waals surface area contributed by atoms with Crippen LogP contribution in [0.15, 0.2) is 60.7 Å². The van der Waals surface area contributed by atoms with Crippen LogP contribution in [0.25, 0.3) is 0 Å². The maximum absolute atomic E-state index is 13.8. The number of aliphatic carboxylic acids is 1. The molecule has 0 spiro atoms. The summed E-state index contributed by atoms with van der Waals surface area (Å²) in [5, 5.41) is 16.6. The standard InChI is InChI=1S/C26H31N3O3/c1-17(24(30)31)29-16-20-13-26(25(32)27-14-19-10-6-3-7-11-19)22(23(29)21(20)15-28-26)12-18-8-4-2-5-9-18/h2-11,17,20-23,28H,12-16H2,1H3,(H,27,32)(H,30,31). The average molecular weight is 434 g/mol. The van der Waals surface area contributed by atoms with E-state index in [1.807, 2.05) is 48.5 Å². The van der Waals surface area contributed by atoms with E-state index in [4.69, 9.17) is 0 Å². The Hall–Kier alpha value is -2.70. The average Bonchev–Trinajstić information content (AvgIpc) is 3.14. The second-order valence-corrected chi connectivity index (χ2v) is 9.65. The predicted octanol–water partition coefficient (Wildman–Crippen LogP) is 2.30. The highest BCUT2D eigenvalue weighted by Crippen LogP contribution is 2.53. The summed E-state index contributed by atoms with van der Waals surface area (Å²) < 4.78 is 0. The Bertz CT molecular complexity index is 982. The van der Waals surface area contributed by atoms with Crippen molar-refractivity contribution in [2.75, 3.05) is 13.1 Å². The number of benzene rings is 2. The third kappa shape index (κ3) is 3.51. The molecule has 4 bridgehead atoms. The molecule has 1 aliphatic carbocycles. The molecule has 6 rings (SSSR count). The summed E-state index contributed by atoms with van der Waals surface area (Å²) in [5.41, 5.74) is 1.58. The predicted molar refractivity (Wildman–Crippen MR) is 122 cm³/mol. The molecule has 2 aromatic rings. The van der Waals surface area contributed by atoms with Gasteiger partial charge in [0.25, 0.3) is 0 Å². The molecule has 2 aromatic carbocycles. The topological polar surface area (TPSA) is 81.7 Å². The molecule has 6 atom stereocenters. The number of hydrogen-bond donors (Lipinski definition) is 3. The molecule has 3 heterocycles. The number of hydrogen-bond acceptors (Lipinski definition) is 4. The van der Waals surface area contributed by atoms with E-state index in [-0.39, 0.29) is 17.9 Å². The second kappa shape index (κ2) is 8.34. The van der Waals surface area contributed by atoms with Crippen molar-refractivity contribution < 1.29 is 14.7 Å². The van der Waals surface area contributed by atoms with E-state index >= 15 is 0 Å². The molecule has 0 radical (unpaired) electrons. The number of amides is 1. The molecule has 6 nitrogen and oxygen atoms in total. The maximum atomic E-state index is 13.8. The van der Waals surface area contributed by atoms with E-state index in [9.17, 15) is 14.7 Å². The van der Waals surface area contributed by atoms with Gasteiger partial charge in [0.15, 0.2) is 0 Å². The van der Waals surface area contributed by atoms with Crippen LogP contribution in [0.5, 0.6) is 0 Å². The third-order valence-electron chi connectivity index (χ3n) is 8.01. The highest BCUT2D eigenvalue weighted by Gasteiger charge is 2.65. The molecule has 32 heavy (non-hydrogen) atoms. The number of carboxylic acids is 1. The van der Waals surface area contributed by atoms with E-state index in [1.165, 1.54) is 5.56 Å². The SMILES string of the molecule is CC(C(=O)O)N1CC2CC3(C(=O)NCc4ccccc4)NCC2C1C3Cc1ccccc1. The number of rotatable bonds is 7. The highest BCUT2D eigenvalue weighted by atomic mass is 16.4. The lowest BCUT2D eigenvalue weighted by molar-refractivity contribution is -0.145. The molecular weight excluding hydrogens is 402 g/mol. The summed E-state index contributed by atoms with van der Waals surface area (Å²) in [5.74, 6) is -0.00508. The van der Waals surface area contributed by atoms with Crippen LogP contribution in [0, 0.1) is 17.8 Å². The van der Waals surface area contributed by atoms with Crippen molar-refractivity contribution >= 4 is 11.9 Å². The maximum Gasteiger partial charge on any atom is 0.320 e. The van der Waals surface area contributed by atoms with Gasteiger partial charge in [0.2, 0.25) is 5.91 Å². The zero-order valence-electron chi connectivity index (χ0n) is 18.4. The van der Waals surface area contributed by atoms with Crippen LogP contribution in [0.1, 0.15) is 24.5 Å². The van der Waals surface area contributed by atoms with E-state index < -0.39 is 17.6 Å². The van der Waals surface area contributed by atoms with Crippen LogP contribution in [0.2, 0.25) is 0 Å². The van der Waals surface area contributed by atoms with Crippen molar-refractivity contribution in [3.05, 3.63) is 71.8 Å². The lowest BCUT2D eigenvalue weighted by Gasteiger charge is -2.56. The number of nitrogens with zero attached hydrogens (tertiary/aromatic N) is 1. The van der Waals surface area contributed by atoms with E-state index in [2.05, 4.69) is 27.7 Å². The van der Waals surface area contributed by atoms with Crippen LogP contribution in [0.3, 0.4) is 0 Å². The first kappa shape index (κ1) is 21.2. The van der Waals surface area contributed by atoms with Gasteiger partial charge >= 0.3 is 5.97 Å². The molecule has 1 saturated carbocycles. The Morgan fingerprint density at radius 3 is 2.44 bits per heavy atom. The van der Waals surface area contributed by atoms with Crippen LogP contribution < -0.4 is 10.6 Å². The molecule has 0 aromatic heterocycles. The first-order valence-corrected chi connectivity index (χ1v) is 11.6. The lowest BCUT2D eigenvalue weighted by atomic mass is 9.58. The van der Waals surface area contributed by atoms with Gasteiger partial charge in [0.05, 0.1) is 0 Å². The van der Waals surface area contributed by atoms with E-state index in [0.29, 0.717) is 18.4 Å². The largest absolute Gasteiger partial charge is 0.480 e. The van der Waals surface area contributed by atoms with E-state index in [1.54, 1.807) is 6.92 Å².